The molecule has 1 N–H and O–H groups in total. The number of nitrogens with one attached hydrogen (secondary N) is 1. The van der Waals surface area contributed by atoms with Gasteiger partial charge in [-0.25, -0.2) is 4.98 Å². The highest BCUT2D eigenvalue weighted by Crippen LogP contribution is 2.22. The summed E-state index contributed by atoms with van der Waals surface area (Å²) >= 11 is 0. The first kappa shape index (κ1) is 11.9. The molecule has 0 fully saturated rings. The van der Waals surface area contributed by atoms with Crippen molar-refractivity contribution in [2.24, 2.45) is 0 Å². The molecule has 6 heteroatoms. The molecule has 0 saturated carbocycles. The quantitative estimate of drug-likeness (QED) is 0.774. The molecule has 3 nitrogen and oxygen atoms in total. The third-order valence-corrected chi connectivity index (χ3v) is 2.05. The van der Waals surface area contributed by atoms with Crippen LogP contribution in [0.1, 0.15) is 19.3 Å². The van der Waals surface area contributed by atoms with E-state index in [0.29, 0.717) is 18.9 Å². The first-order valence-corrected chi connectivity index (χ1v) is 4.78. The predicted molar refractivity (Wildman–Crippen MR) is 51.7 cm³/mol. The Morgan fingerprint density at radius 1 is 1.40 bits per heavy atom. The van der Waals surface area contributed by atoms with Crippen LogP contribution >= 0.6 is 0 Å². The van der Waals surface area contributed by atoms with Crippen molar-refractivity contribution >= 4 is 5.95 Å². The van der Waals surface area contributed by atoms with E-state index in [2.05, 4.69) is 10.3 Å². The molecule has 0 unspecified atom stereocenters. The summed E-state index contributed by atoms with van der Waals surface area (Å²) in [6.07, 6.45) is -0.720. The number of aryl methyl sites for hydroxylation is 1. The van der Waals surface area contributed by atoms with E-state index in [1.54, 1.807) is 24.0 Å². The standard InChI is InChI=1S/C9H14F3N3/c1-13-8-14-5-7-15(8)6-3-2-4-9(10,11)12/h5,7H,2-4,6H2,1H3,(H,13,14). The fraction of sp³-hybridized carbons (Fsp3) is 0.667. The van der Waals surface area contributed by atoms with Gasteiger partial charge in [0.05, 0.1) is 0 Å². The van der Waals surface area contributed by atoms with E-state index in [1.165, 1.54) is 0 Å². The third-order valence-electron chi connectivity index (χ3n) is 2.05. The zero-order valence-corrected chi connectivity index (χ0v) is 8.51. The Bertz CT molecular complexity index is 293. The molecule has 0 aromatic carbocycles. The SMILES string of the molecule is CNc1nccn1CCCCC(F)(F)F. The molecule has 1 rings (SSSR count). The lowest BCUT2D eigenvalue weighted by atomic mass is 10.2. The summed E-state index contributed by atoms with van der Waals surface area (Å²) in [4.78, 5) is 3.99. The number of unbranched alkanes of at least 4 members (excludes halogenated alkanes) is 1. The molecule has 0 aliphatic carbocycles. The smallest absolute Gasteiger partial charge is 0.359 e. The van der Waals surface area contributed by atoms with Gasteiger partial charge >= 0.3 is 6.18 Å². The number of alkyl halides is 3. The van der Waals surface area contributed by atoms with E-state index in [0.717, 1.165) is 0 Å². The molecule has 86 valence electrons. The fourth-order valence-electron chi connectivity index (χ4n) is 1.33. The summed E-state index contributed by atoms with van der Waals surface area (Å²) in [5.74, 6) is 0.682. The minimum atomic E-state index is -4.04. The monoisotopic (exact) mass is 221 g/mol. The lowest BCUT2D eigenvalue weighted by molar-refractivity contribution is -0.135. The molecular formula is C9H14F3N3. The van der Waals surface area contributed by atoms with Gasteiger partial charge in [0.2, 0.25) is 5.95 Å². The number of nitrogens with zero attached hydrogens (tertiary/aromatic N) is 2. The lowest BCUT2D eigenvalue weighted by Gasteiger charge is -2.08. The largest absolute Gasteiger partial charge is 0.389 e. The number of anilines is 1. The Morgan fingerprint density at radius 3 is 2.73 bits per heavy atom. The summed E-state index contributed by atoms with van der Waals surface area (Å²) in [5.41, 5.74) is 0. The number of hydrogen-bond donors (Lipinski definition) is 1. The van der Waals surface area contributed by atoms with Crippen molar-refractivity contribution < 1.29 is 13.2 Å². The van der Waals surface area contributed by atoms with Gasteiger partial charge in [0.25, 0.3) is 0 Å². The second-order valence-corrected chi connectivity index (χ2v) is 3.27. The maximum absolute atomic E-state index is 11.8. The van der Waals surface area contributed by atoms with Crippen LogP contribution in [0, 0.1) is 0 Å². The van der Waals surface area contributed by atoms with Crippen LogP contribution in [0.2, 0.25) is 0 Å². The van der Waals surface area contributed by atoms with Gasteiger partial charge in [-0.1, -0.05) is 0 Å². The van der Waals surface area contributed by atoms with Crippen LogP contribution in [-0.4, -0.2) is 22.8 Å². The minimum absolute atomic E-state index is 0.158. The average Bonchev–Trinajstić information content (AvgIpc) is 2.58. The van der Waals surface area contributed by atoms with Crippen LogP contribution in [0.3, 0.4) is 0 Å². The van der Waals surface area contributed by atoms with Crippen molar-refractivity contribution in [1.29, 1.82) is 0 Å². The van der Waals surface area contributed by atoms with Crippen LogP contribution < -0.4 is 5.32 Å². The molecule has 0 aliphatic rings. The summed E-state index contributed by atoms with van der Waals surface area (Å²) in [6.45, 7) is 0.562. The van der Waals surface area contributed by atoms with Gasteiger partial charge < -0.3 is 9.88 Å². The van der Waals surface area contributed by atoms with Gasteiger partial charge in [-0.15, -0.1) is 0 Å². The van der Waals surface area contributed by atoms with E-state index in [1.807, 2.05) is 0 Å². The molecule has 1 aromatic heterocycles. The average molecular weight is 221 g/mol. The maximum atomic E-state index is 11.8. The number of halogens is 3. The second-order valence-electron chi connectivity index (χ2n) is 3.27. The molecule has 0 radical (unpaired) electrons. The van der Waals surface area contributed by atoms with E-state index in [-0.39, 0.29) is 6.42 Å². The third kappa shape index (κ3) is 4.22. The molecule has 0 amide bonds. The topological polar surface area (TPSA) is 29.9 Å². The molecule has 0 saturated heterocycles. The summed E-state index contributed by atoms with van der Waals surface area (Å²) < 4.78 is 37.3. The Morgan fingerprint density at radius 2 is 2.13 bits per heavy atom. The first-order valence-electron chi connectivity index (χ1n) is 4.78. The van der Waals surface area contributed by atoms with Crippen molar-refractivity contribution in [2.45, 2.75) is 32.0 Å². The minimum Gasteiger partial charge on any atom is -0.359 e. The van der Waals surface area contributed by atoms with Crippen molar-refractivity contribution in [3.05, 3.63) is 12.4 Å². The van der Waals surface area contributed by atoms with Crippen LogP contribution in [0.5, 0.6) is 0 Å². The van der Waals surface area contributed by atoms with Crippen molar-refractivity contribution in [3.63, 3.8) is 0 Å². The summed E-state index contributed by atoms with van der Waals surface area (Å²) in [7, 11) is 1.73. The van der Waals surface area contributed by atoms with E-state index < -0.39 is 12.6 Å². The highest BCUT2D eigenvalue weighted by Gasteiger charge is 2.25. The first-order chi connectivity index (χ1) is 7.03. The van der Waals surface area contributed by atoms with Gasteiger partial charge in [0.1, 0.15) is 0 Å². The number of imidazole rings is 1. The zero-order valence-electron chi connectivity index (χ0n) is 8.51. The molecule has 0 spiro atoms. The van der Waals surface area contributed by atoms with E-state index in [4.69, 9.17) is 0 Å². The van der Waals surface area contributed by atoms with Gasteiger partial charge in [0, 0.05) is 32.4 Å². The van der Waals surface area contributed by atoms with Crippen LogP contribution in [0.15, 0.2) is 12.4 Å². The maximum Gasteiger partial charge on any atom is 0.389 e. The molecule has 0 atom stereocenters. The highest BCUT2D eigenvalue weighted by atomic mass is 19.4. The number of aromatic nitrogens is 2. The van der Waals surface area contributed by atoms with Crippen molar-refractivity contribution in [3.8, 4) is 0 Å². The van der Waals surface area contributed by atoms with Crippen molar-refractivity contribution in [1.82, 2.24) is 9.55 Å². The van der Waals surface area contributed by atoms with Crippen LogP contribution in [-0.2, 0) is 6.54 Å². The Labute approximate surface area is 86.3 Å². The van der Waals surface area contributed by atoms with Crippen LogP contribution in [0.25, 0.3) is 0 Å². The molecule has 1 heterocycles. The van der Waals surface area contributed by atoms with Gasteiger partial charge in [-0.3, -0.25) is 0 Å². The summed E-state index contributed by atoms with van der Waals surface area (Å²) in [5, 5.41) is 2.86. The van der Waals surface area contributed by atoms with E-state index >= 15 is 0 Å². The Hall–Kier alpha value is -1.20. The normalized spacial score (nSPS) is 11.7. The molecule has 0 aliphatic heterocycles. The predicted octanol–water partition coefficient (Wildman–Crippen LogP) is 2.66. The molecule has 1 aromatic rings. The van der Waals surface area contributed by atoms with Crippen molar-refractivity contribution in [2.75, 3.05) is 12.4 Å². The second kappa shape index (κ2) is 5.04. The molecular weight excluding hydrogens is 207 g/mol. The van der Waals surface area contributed by atoms with Crippen LogP contribution in [0.4, 0.5) is 19.1 Å². The van der Waals surface area contributed by atoms with E-state index in [9.17, 15) is 13.2 Å². The fourth-order valence-corrected chi connectivity index (χ4v) is 1.33. The van der Waals surface area contributed by atoms with Gasteiger partial charge in [-0.05, 0) is 12.8 Å². The lowest BCUT2D eigenvalue weighted by Crippen LogP contribution is -2.08. The Balaban J connectivity index is 2.26. The number of hydrogen-bond acceptors (Lipinski definition) is 2. The summed E-state index contributed by atoms with van der Waals surface area (Å²) in [6, 6.07) is 0. The van der Waals surface area contributed by atoms with Gasteiger partial charge in [0.15, 0.2) is 0 Å². The zero-order chi connectivity index (χ0) is 11.3. The molecule has 15 heavy (non-hydrogen) atoms. The number of rotatable bonds is 5. The highest BCUT2D eigenvalue weighted by molar-refractivity contribution is 5.23. The molecule has 0 bridgehead atoms. The van der Waals surface area contributed by atoms with Gasteiger partial charge in [-0.2, -0.15) is 13.2 Å². The Kier molecular flexibility index (Phi) is 3.99.